The molecule has 3 aromatic carbocycles. The first-order chi connectivity index (χ1) is 17.0. The summed E-state index contributed by atoms with van der Waals surface area (Å²) in [5.41, 5.74) is 4.92. The van der Waals surface area contributed by atoms with Crippen molar-refractivity contribution >= 4 is 35.5 Å². The molecule has 4 aromatic rings. The van der Waals surface area contributed by atoms with Gasteiger partial charge in [0.1, 0.15) is 17.2 Å². The number of hydrogen-bond acceptors (Lipinski definition) is 6. The number of H-pyrrole nitrogens is 1. The van der Waals surface area contributed by atoms with Crippen molar-refractivity contribution in [2.45, 2.75) is 12.1 Å². The number of hydrazone groups is 1. The summed E-state index contributed by atoms with van der Waals surface area (Å²) in [7, 11) is 0. The number of hydrogen-bond donors (Lipinski definition) is 3. The second-order valence-corrected chi connectivity index (χ2v) is 8.68. The monoisotopic (exact) mass is 508 g/mol. The first-order valence-corrected chi connectivity index (χ1v) is 12.1. The molecule has 0 aliphatic heterocycles. The highest BCUT2D eigenvalue weighted by atomic mass is 35.5. The molecule has 1 heterocycles. The standard InChI is InChI=1S/C25H22ClN5O3S/c1-2-34-22-12-10-20(11-13-22)31-24(18-6-8-19(26)9-7-18)29-30-25(31)35-16-23(33)28-27-15-17-4-3-5-21(32)14-17/h3-15H,2,16H2,1H3,(H2,28,32,33)/p+1/b27-15+. The Morgan fingerprint density at radius 2 is 1.97 bits per heavy atom. The van der Waals surface area contributed by atoms with Crippen LogP contribution in [0.5, 0.6) is 11.5 Å². The van der Waals surface area contributed by atoms with Gasteiger partial charge in [0.05, 0.1) is 29.2 Å². The van der Waals surface area contributed by atoms with E-state index in [0.717, 1.165) is 22.8 Å². The lowest BCUT2D eigenvalue weighted by Crippen LogP contribution is -2.34. The summed E-state index contributed by atoms with van der Waals surface area (Å²) < 4.78 is 7.50. The molecule has 0 radical (unpaired) electrons. The van der Waals surface area contributed by atoms with Gasteiger partial charge in [0.15, 0.2) is 0 Å². The van der Waals surface area contributed by atoms with Crippen LogP contribution in [0.3, 0.4) is 0 Å². The molecule has 0 atom stereocenters. The fourth-order valence-corrected chi connectivity index (χ4v) is 4.13. The van der Waals surface area contributed by atoms with Crippen LogP contribution in [-0.4, -0.2) is 39.8 Å². The quantitative estimate of drug-likeness (QED) is 0.135. The Kier molecular flexibility index (Phi) is 8.02. The van der Waals surface area contributed by atoms with Crippen molar-refractivity contribution in [2.24, 2.45) is 5.10 Å². The topological polar surface area (TPSA) is 103 Å². The second kappa shape index (κ2) is 11.5. The molecule has 10 heteroatoms. The Morgan fingerprint density at radius 1 is 1.20 bits per heavy atom. The Hall–Kier alpha value is -3.82. The number of nitrogens with one attached hydrogen (secondary N) is 2. The molecule has 0 saturated heterocycles. The predicted octanol–water partition coefficient (Wildman–Crippen LogP) is 4.35. The number of phenols is 1. The normalized spacial score (nSPS) is 11.0. The van der Waals surface area contributed by atoms with Gasteiger partial charge < -0.3 is 9.84 Å². The van der Waals surface area contributed by atoms with E-state index in [4.69, 9.17) is 16.3 Å². The van der Waals surface area contributed by atoms with Gasteiger partial charge in [-0.05, 0) is 84.9 Å². The molecule has 8 nitrogen and oxygen atoms in total. The summed E-state index contributed by atoms with van der Waals surface area (Å²) in [5, 5.41) is 22.2. The van der Waals surface area contributed by atoms with Crippen LogP contribution in [0, 0.1) is 0 Å². The second-order valence-electron chi connectivity index (χ2n) is 7.30. The Balaban J connectivity index is 1.52. The molecular formula is C25H23ClN5O3S+. The number of halogens is 1. The van der Waals surface area contributed by atoms with Gasteiger partial charge in [-0.25, -0.2) is 5.43 Å². The Morgan fingerprint density at radius 3 is 2.69 bits per heavy atom. The van der Waals surface area contributed by atoms with E-state index in [2.05, 4.69) is 20.7 Å². The number of nitrogens with zero attached hydrogens (tertiary/aromatic N) is 3. The highest BCUT2D eigenvalue weighted by Crippen LogP contribution is 2.23. The number of carbonyl (C=O) groups is 1. The van der Waals surface area contributed by atoms with Crippen LogP contribution in [0.4, 0.5) is 0 Å². The van der Waals surface area contributed by atoms with Crippen LogP contribution in [0.1, 0.15) is 12.5 Å². The third kappa shape index (κ3) is 6.40. The van der Waals surface area contributed by atoms with Crippen molar-refractivity contribution in [1.29, 1.82) is 0 Å². The number of amides is 1. The van der Waals surface area contributed by atoms with Crippen molar-refractivity contribution in [1.82, 2.24) is 15.6 Å². The smallest absolute Gasteiger partial charge is 0.342 e. The summed E-state index contributed by atoms with van der Waals surface area (Å²) in [6, 6.07) is 21.7. The number of ether oxygens (including phenoxy) is 1. The number of aromatic hydroxyl groups is 1. The molecule has 3 N–H and O–H groups in total. The summed E-state index contributed by atoms with van der Waals surface area (Å²) in [6.45, 7) is 2.52. The van der Waals surface area contributed by atoms with Gasteiger partial charge in [-0.3, -0.25) is 4.79 Å². The van der Waals surface area contributed by atoms with Crippen LogP contribution in [0.2, 0.25) is 5.02 Å². The first kappa shape index (κ1) is 24.3. The van der Waals surface area contributed by atoms with Gasteiger partial charge in [-0.1, -0.05) is 23.7 Å². The van der Waals surface area contributed by atoms with Gasteiger partial charge in [0.25, 0.3) is 11.7 Å². The summed E-state index contributed by atoms with van der Waals surface area (Å²) >= 11 is 7.33. The molecular weight excluding hydrogens is 486 g/mol. The number of aromatic nitrogens is 3. The summed E-state index contributed by atoms with van der Waals surface area (Å²) in [6.07, 6.45) is 1.47. The highest BCUT2D eigenvalue weighted by Gasteiger charge is 2.24. The van der Waals surface area contributed by atoms with Crippen LogP contribution in [-0.2, 0) is 4.79 Å². The minimum Gasteiger partial charge on any atom is -0.508 e. The molecule has 0 aliphatic carbocycles. The lowest BCUT2D eigenvalue weighted by Gasteiger charge is -2.06. The molecule has 1 amide bonds. The third-order valence-corrected chi connectivity index (χ3v) is 5.99. The lowest BCUT2D eigenvalue weighted by atomic mass is 10.2. The molecule has 0 aliphatic rings. The number of carbonyl (C=O) groups excluding carboxylic acids is 1. The summed E-state index contributed by atoms with van der Waals surface area (Å²) in [5.74, 6) is 1.45. The Labute approximate surface area is 211 Å². The average molecular weight is 509 g/mol. The van der Waals surface area contributed by atoms with Crippen molar-refractivity contribution in [2.75, 3.05) is 12.4 Å². The van der Waals surface area contributed by atoms with E-state index >= 15 is 0 Å². The van der Waals surface area contributed by atoms with Gasteiger partial charge in [-0.2, -0.15) is 9.67 Å². The van der Waals surface area contributed by atoms with Gasteiger partial charge in [0.2, 0.25) is 0 Å². The van der Waals surface area contributed by atoms with Gasteiger partial charge >= 0.3 is 5.16 Å². The van der Waals surface area contributed by atoms with E-state index in [1.54, 1.807) is 24.3 Å². The third-order valence-electron chi connectivity index (χ3n) is 4.80. The fourth-order valence-electron chi connectivity index (χ4n) is 3.24. The zero-order chi connectivity index (χ0) is 24.6. The van der Waals surface area contributed by atoms with Crippen LogP contribution < -0.4 is 14.7 Å². The van der Waals surface area contributed by atoms with Gasteiger partial charge in [-0.15, -0.1) is 5.10 Å². The van der Waals surface area contributed by atoms with Crippen LogP contribution in [0.25, 0.3) is 17.1 Å². The summed E-state index contributed by atoms with van der Waals surface area (Å²) in [4.78, 5) is 12.4. The van der Waals surface area contributed by atoms with Crippen molar-refractivity contribution in [3.63, 3.8) is 0 Å². The molecule has 0 spiro atoms. The maximum Gasteiger partial charge on any atom is 0.342 e. The average Bonchev–Trinajstić information content (AvgIpc) is 3.28. The number of thioether (sulfide) groups is 1. The van der Waals surface area contributed by atoms with E-state index < -0.39 is 0 Å². The van der Waals surface area contributed by atoms with E-state index in [1.807, 2.05) is 60.0 Å². The van der Waals surface area contributed by atoms with Crippen molar-refractivity contribution in [3.05, 3.63) is 83.4 Å². The van der Waals surface area contributed by atoms with Gasteiger partial charge in [0, 0.05) is 5.02 Å². The molecule has 1 aromatic heterocycles. The molecule has 0 bridgehead atoms. The molecule has 0 fully saturated rings. The molecule has 178 valence electrons. The van der Waals surface area contributed by atoms with E-state index in [-0.39, 0.29) is 17.4 Å². The largest absolute Gasteiger partial charge is 0.508 e. The van der Waals surface area contributed by atoms with E-state index in [9.17, 15) is 9.90 Å². The highest BCUT2D eigenvalue weighted by molar-refractivity contribution is 7.99. The number of aromatic amines is 1. The minimum atomic E-state index is -0.291. The molecule has 35 heavy (non-hydrogen) atoms. The van der Waals surface area contributed by atoms with Crippen molar-refractivity contribution in [3.8, 4) is 28.6 Å². The van der Waals surface area contributed by atoms with Crippen LogP contribution >= 0.6 is 23.4 Å². The molecule has 0 saturated carbocycles. The fraction of sp³-hybridized carbons (Fsp3) is 0.120. The van der Waals surface area contributed by atoms with E-state index in [1.165, 1.54) is 18.0 Å². The maximum atomic E-state index is 12.4. The maximum absolute atomic E-state index is 12.4. The van der Waals surface area contributed by atoms with Crippen LogP contribution in [0.15, 0.2) is 83.1 Å². The molecule has 4 rings (SSSR count). The lowest BCUT2D eigenvalue weighted by molar-refractivity contribution is -0.625. The Bertz CT molecular complexity index is 1320. The molecule has 0 unspecified atom stereocenters. The first-order valence-electron chi connectivity index (χ1n) is 10.8. The zero-order valence-electron chi connectivity index (χ0n) is 18.8. The SMILES string of the molecule is CCOc1ccc(-[n+]2c(SCC(=O)N/N=C/c3cccc(O)c3)n[nH]c2-c2ccc(Cl)cc2)cc1. The predicted molar refractivity (Wildman–Crippen MR) is 136 cm³/mol. The number of phenolic OH excluding ortho intramolecular Hbond substituents is 1. The number of benzene rings is 3. The minimum absolute atomic E-state index is 0.0965. The van der Waals surface area contributed by atoms with E-state index in [0.29, 0.717) is 22.3 Å². The number of rotatable bonds is 9. The zero-order valence-corrected chi connectivity index (χ0v) is 20.4. The van der Waals surface area contributed by atoms with Crippen molar-refractivity contribution < 1.29 is 19.2 Å².